The highest BCUT2D eigenvalue weighted by molar-refractivity contribution is 7.80. The second-order valence-corrected chi connectivity index (χ2v) is 7.16. The van der Waals surface area contributed by atoms with Crippen LogP contribution in [0.3, 0.4) is 0 Å². The second-order valence-electron chi connectivity index (χ2n) is 6.77. The van der Waals surface area contributed by atoms with Crippen molar-refractivity contribution in [1.82, 2.24) is 15.2 Å². The van der Waals surface area contributed by atoms with Crippen LogP contribution in [0.4, 0.5) is 4.39 Å². The van der Waals surface area contributed by atoms with Gasteiger partial charge in [0, 0.05) is 11.8 Å². The van der Waals surface area contributed by atoms with Gasteiger partial charge in [0.1, 0.15) is 29.9 Å². The monoisotopic (exact) mass is 425 g/mol. The summed E-state index contributed by atoms with van der Waals surface area (Å²) in [6, 6.07) is 14.7. The molecule has 3 aromatic rings. The Morgan fingerprint density at radius 2 is 2.03 bits per heavy atom. The Morgan fingerprint density at radius 3 is 2.73 bits per heavy atom. The molecule has 30 heavy (non-hydrogen) atoms. The van der Waals surface area contributed by atoms with E-state index >= 15 is 0 Å². The van der Waals surface area contributed by atoms with Crippen molar-refractivity contribution in [3.8, 4) is 11.3 Å². The number of nitrogens with zero attached hydrogens (tertiary/aromatic N) is 2. The zero-order valence-electron chi connectivity index (χ0n) is 16.2. The predicted molar refractivity (Wildman–Crippen MR) is 113 cm³/mol. The van der Waals surface area contributed by atoms with Gasteiger partial charge in [0.25, 0.3) is 0 Å². The highest BCUT2D eigenvalue weighted by Crippen LogP contribution is 2.40. The van der Waals surface area contributed by atoms with E-state index in [2.05, 4.69) is 10.3 Å². The Morgan fingerprint density at radius 1 is 1.23 bits per heavy atom. The van der Waals surface area contributed by atoms with Crippen LogP contribution in [0, 0.1) is 5.82 Å². The SMILES string of the molecule is CCOC(=O)CN1C(=S)N[C@H](c2ccccn2)[C@H]1c1ccc(-c2ccc(F)cc2)o1. The number of thiocarbonyl (C=S) groups is 1. The molecule has 6 nitrogen and oxygen atoms in total. The largest absolute Gasteiger partial charge is 0.465 e. The summed E-state index contributed by atoms with van der Waals surface area (Å²) in [5.41, 5.74) is 1.53. The lowest BCUT2D eigenvalue weighted by Gasteiger charge is -2.25. The summed E-state index contributed by atoms with van der Waals surface area (Å²) in [7, 11) is 0. The van der Waals surface area contributed by atoms with E-state index in [4.69, 9.17) is 21.4 Å². The van der Waals surface area contributed by atoms with Crippen molar-refractivity contribution in [2.45, 2.75) is 19.0 Å². The van der Waals surface area contributed by atoms with Gasteiger partial charge in [-0.05, 0) is 67.7 Å². The van der Waals surface area contributed by atoms with Crippen LogP contribution in [0.5, 0.6) is 0 Å². The van der Waals surface area contributed by atoms with Crippen molar-refractivity contribution in [3.63, 3.8) is 0 Å². The van der Waals surface area contributed by atoms with Gasteiger partial charge >= 0.3 is 5.97 Å². The van der Waals surface area contributed by atoms with Gasteiger partial charge in [0.05, 0.1) is 18.3 Å². The number of rotatable bonds is 6. The Bertz CT molecular complexity index is 1040. The number of furan rings is 1. The van der Waals surface area contributed by atoms with E-state index in [1.807, 2.05) is 30.3 Å². The first-order chi connectivity index (χ1) is 14.6. The number of halogens is 1. The maximum absolute atomic E-state index is 13.3. The molecule has 0 aliphatic carbocycles. The minimum atomic E-state index is -0.397. The van der Waals surface area contributed by atoms with Crippen LogP contribution in [-0.2, 0) is 9.53 Å². The van der Waals surface area contributed by atoms with Crippen LogP contribution in [0.1, 0.15) is 30.5 Å². The summed E-state index contributed by atoms with van der Waals surface area (Å²) in [4.78, 5) is 18.4. The van der Waals surface area contributed by atoms with Crippen LogP contribution in [0.2, 0.25) is 0 Å². The summed E-state index contributed by atoms with van der Waals surface area (Å²) in [5, 5.41) is 3.67. The molecular weight excluding hydrogens is 405 g/mol. The minimum Gasteiger partial charge on any atom is -0.465 e. The molecule has 8 heteroatoms. The van der Waals surface area contributed by atoms with Gasteiger partial charge in [0.15, 0.2) is 5.11 Å². The molecule has 0 amide bonds. The molecule has 1 saturated heterocycles. The Kier molecular flexibility index (Phi) is 5.76. The third kappa shape index (κ3) is 4.04. The van der Waals surface area contributed by atoms with Crippen LogP contribution >= 0.6 is 12.2 Å². The first-order valence-corrected chi connectivity index (χ1v) is 9.97. The fraction of sp³-hybridized carbons (Fsp3) is 0.227. The number of nitrogens with one attached hydrogen (secondary N) is 1. The van der Waals surface area contributed by atoms with Crippen molar-refractivity contribution >= 4 is 23.3 Å². The minimum absolute atomic E-state index is 0.0136. The van der Waals surface area contributed by atoms with Gasteiger partial charge in [-0.3, -0.25) is 9.78 Å². The predicted octanol–water partition coefficient (Wildman–Crippen LogP) is 4.02. The molecule has 0 spiro atoms. The van der Waals surface area contributed by atoms with Crippen molar-refractivity contribution in [2.24, 2.45) is 0 Å². The lowest BCUT2D eigenvalue weighted by Crippen LogP contribution is -2.35. The van der Waals surface area contributed by atoms with E-state index in [0.717, 1.165) is 11.3 Å². The van der Waals surface area contributed by atoms with E-state index in [-0.39, 0.29) is 31.0 Å². The molecule has 3 heterocycles. The highest BCUT2D eigenvalue weighted by Gasteiger charge is 2.42. The maximum Gasteiger partial charge on any atom is 0.325 e. The number of ether oxygens (including phenoxy) is 1. The Hall–Kier alpha value is -3.26. The molecule has 1 fully saturated rings. The lowest BCUT2D eigenvalue weighted by atomic mass is 10.0. The number of hydrogen-bond donors (Lipinski definition) is 1. The molecule has 4 rings (SSSR count). The molecule has 2 aromatic heterocycles. The molecule has 1 N–H and O–H groups in total. The zero-order valence-corrected chi connectivity index (χ0v) is 17.1. The smallest absolute Gasteiger partial charge is 0.325 e. The van der Waals surface area contributed by atoms with Crippen LogP contribution in [-0.4, -0.2) is 34.1 Å². The third-order valence-electron chi connectivity index (χ3n) is 4.85. The number of esters is 1. The number of hydrogen-bond acceptors (Lipinski definition) is 5. The van der Waals surface area contributed by atoms with E-state index in [1.165, 1.54) is 12.1 Å². The summed E-state index contributed by atoms with van der Waals surface area (Å²) < 4.78 is 24.5. The number of benzene rings is 1. The Balaban J connectivity index is 1.70. The number of pyridine rings is 1. The fourth-order valence-corrected chi connectivity index (χ4v) is 3.82. The van der Waals surface area contributed by atoms with E-state index in [1.54, 1.807) is 30.2 Å². The van der Waals surface area contributed by atoms with Crippen molar-refractivity contribution in [2.75, 3.05) is 13.2 Å². The number of carbonyl (C=O) groups is 1. The Labute approximate surface area is 178 Å². The van der Waals surface area contributed by atoms with E-state index in [9.17, 15) is 9.18 Å². The zero-order chi connectivity index (χ0) is 21.1. The number of aromatic nitrogens is 1. The summed E-state index contributed by atoms with van der Waals surface area (Å²) >= 11 is 5.51. The van der Waals surface area contributed by atoms with E-state index < -0.39 is 6.04 Å². The normalized spacial score (nSPS) is 18.3. The van der Waals surface area contributed by atoms with Gasteiger partial charge in [-0.25, -0.2) is 4.39 Å². The van der Waals surface area contributed by atoms with Gasteiger partial charge in [-0.2, -0.15) is 0 Å². The molecular formula is C22H20FN3O3S. The van der Waals surface area contributed by atoms with E-state index in [0.29, 0.717) is 16.6 Å². The summed E-state index contributed by atoms with van der Waals surface area (Å²) in [6.07, 6.45) is 1.71. The molecule has 1 aliphatic heterocycles. The average Bonchev–Trinajstić information content (AvgIpc) is 3.35. The molecule has 1 aliphatic rings. The molecule has 0 radical (unpaired) electrons. The maximum atomic E-state index is 13.3. The quantitative estimate of drug-likeness (QED) is 0.473. The third-order valence-corrected chi connectivity index (χ3v) is 5.20. The number of carbonyl (C=O) groups excluding carboxylic acids is 1. The fourth-order valence-electron chi connectivity index (χ4n) is 3.51. The lowest BCUT2D eigenvalue weighted by molar-refractivity contribution is -0.143. The molecule has 2 atom stereocenters. The summed E-state index contributed by atoms with van der Waals surface area (Å²) in [5.74, 6) is 0.519. The standard InChI is InChI=1S/C22H20FN3O3S/c1-2-28-19(27)13-26-21(20(25-22(26)30)16-5-3-4-12-24-16)18-11-10-17(29-18)14-6-8-15(23)9-7-14/h3-12,20-21H,2,13H2,1H3,(H,25,30)/t20-,21-/m1/s1. The first kappa shape index (κ1) is 20.0. The van der Waals surface area contributed by atoms with Crippen molar-refractivity contribution < 1.29 is 18.3 Å². The van der Waals surface area contributed by atoms with Gasteiger partial charge < -0.3 is 19.4 Å². The summed E-state index contributed by atoms with van der Waals surface area (Å²) in [6.45, 7) is 2.03. The van der Waals surface area contributed by atoms with Gasteiger partial charge in [-0.1, -0.05) is 6.07 Å². The van der Waals surface area contributed by atoms with Gasteiger partial charge in [0.2, 0.25) is 0 Å². The topological polar surface area (TPSA) is 67.6 Å². The van der Waals surface area contributed by atoms with Crippen LogP contribution in [0.15, 0.2) is 65.2 Å². The van der Waals surface area contributed by atoms with Crippen LogP contribution in [0.25, 0.3) is 11.3 Å². The molecule has 0 saturated carbocycles. The highest BCUT2D eigenvalue weighted by atomic mass is 32.1. The van der Waals surface area contributed by atoms with Crippen LogP contribution < -0.4 is 5.32 Å². The van der Waals surface area contributed by atoms with Crippen molar-refractivity contribution in [3.05, 3.63) is 78.1 Å². The van der Waals surface area contributed by atoms with Crippen molar-refractivity contribution in [1.29, 1.82) is 0 Å². The molecule has 0 bridgehead atoms. The molecule has 1 aromatic carbocycles. The molecule has 0 unspecified atom stereocenters. The first-order valence-electron chi connectivity index (χ1n) is 9.56. The average molecular weight is 425 g/mol. The molecule has 154 valence electrons. The van der Waals surface area contributed by atoms with Gasteiger partial charge in [-0.15, -0.1) is 0 Å². The second kappa shape index (κ2) is 8.62.